The van der Waals surface area contributed by atoms with Crippen molar-refractivity contribution in [3.63, 3.8) is 0 Å². The van der Waals surface area contributed by atoms with Crippen LogP contribution >= 0.6 is 0 Å². The fourth-order valence-electron chi connectivity index (χ4n) is 1.49. The van der Waals surface area contributed by atoms with Crippen LogP contribution in [0.5, 0.6) is 0 Å². The maximum atomic E-state index is 10.8. The number of aliphatic hydroxyl groups is 1. The number of allylic oxidation sites excluding steroid dienone is 1. The third kappa shape index (κ3) is 7.65. The second-order valence-electron chi connectivity index (χ2n) is 6.80. The molecule has 1 N–H and O–H groups in total. The van der Waals surface area contributed by atoms with E-state index in [-0.39, 0.29) is 16.9 Å². The zero-order valence-electron chi connectivity index (χ0n) is 13.5. The van der Waals surface area contributed by atoms with Crippen LogP contribution in [0.25, 0.3) is 0 Å². The van der Waals surface area contributed by atoms with Crippen molar-refractivity contribution in [3.05, 3.63) is 12.2 Å². The Bertz CT molecular complexity index is 316. The summed E-state index contributed by atoms with van der Waals surface area (Å²) in [6.45, 7) is 14.7. The van der Waals surface area contributed by atoms with Gasteiger partial charge >= 0.3 is 0 Å². The molecule has 0 aliphatic carbocycles. The highest BCUT2D eigenvalue weighted by molar-refractivity contribution is 6.74. The zero-order chi connectivity index (χ0) is 15.3. The van der Waals surface area contributed by atoms with Crippen molar-refractivity contribution in [2.24, 2.45) is 0 Å². The highest BCUT2D eigenvalue weighted by Crippen LogP contribution is 2.37. The van der Waals surface area contributed by atoms with Gasteiger partial charge in [0.05, 0.1) is 6.10 Å². The van der Waals surface area contributed by atoms with E-state index in [0.29, 0.717) is 6.42 Å². The van der Waals surface area contributed by atoms with E-state index < -0.39 is 14.4 Å². The molecule has 3 nitrogen and oxygen atoms in total. The Kier molecular flexibility index (Phi) is 7.19. The molecule has 0 aromatic carbocycles. The van der Waals surface area contributed by atoms with Crippen LogP contribution in [0, 0.1) is 0 Å². The molecule has 0 heterocycles. The van der Waals surface area contributed by atoms with E-state index >= 15 is 0 Å². The van der Waals surface area contributed by atoms with Crippen LogP contribution in [0.2, 0.25) is 18.1 Å². The van der Waals surface area contributed by atoms with Crippen molar-refractivity contribution in [3.8, 4) is 0 Å². The number of hydrogen-bond donors (Lipinski definition) is 1. The smallest absolute Gasteiger partial charge is 0.192 e. The summed E-state index contributed by atoms with van der Waals surface area (Å²) in [6.07, 6.45) is 3.98. The monoisotopic (exact) mass is 286 g/mol. The predicted molar refractivity (Wildman–Crippen MR) is 82.8 cm³/mol. The first-order valence-electron chi connectivity index (χ1n) is 7.00. The van der Waals surface area contributed by atoms with E-state index in [1.165, 1.54) is 13.0 Å². The quantitative estimate of drug-likeness (QED) is 0.573. The van der Waals surface area contributed by atoms with Crippen molar-refractivity contribution in [2.75, 3.05) is 0 Å². The van der Waals surface area contributed by atoms with E-state index in [1.54, 1.807) is 6.08 Å². The largest absolute Gasteiger partial charge is 0.414 e. The van der Waals surface area contributed by atoms with Crippen molar-refractivity contribution < 1.29 is 14.3 Å². The summed E-state index contributed by atoms with van der Waals surface area (Å²) in [5.41, 5.74) is 0. The van der Waals surface area contributed by atoms with Gasteiger partial charge in [-0.2, -0.15) is 0 Å². The molecular weight excluding hydrogens is 256 g/mol. The Morgan fingerprint density at radius 1 is 1.32 bits per heavy atom. The molecule has 0 radical (unpaired) electrons. The molecule has 0 spiro atoms. The summed E-state index contributed by atoms with van der Waals surface area (Å²) in [4.78, 5) is 10.8. The van der Waals surface area contributed by atoms with E-state index in [2.05, 4.69) is 40.8 Å². The van der Waals surface area contributed by atoms with Crippen molar-refractivity contribution in [1.82, 2.24) is 0 Å². The van der Waals surface area contributed by atoms with Crippen molar-refractivity contribution >= 4 is 14.1 Å². The van der Waals surface area contributed by atoms with Gasteiger partial charge in [-0.15, -0.1) is 0 Å². The first-order chi connectivity index (χ1) is 8.45. The predicted octanol–water partition coefficient (Wildman–Crippen LogP) is 3.68. The third-order valence-corrected chi connectivity index (χ3v) is 8.33. The molecule has 0 aromatic heterocycles. The molecular formula is C15H30O3Si. The molecule has 19 heavy (non-hydrogen) atoms. The van der Waals surface area contributed by atoms with Gasteiger partial charge in [-0.25, -0.2) is 0 Å². The fraction of sp³-hybridized carbons (Fsp3) is 0.800. The minimum Gasteiger partial charge on any atom is -0.414 e. The summed E-state index contributed by atoms with van der Waals surface area (Å²) >= 11 is 0. The summed E-state index contributed by atoms with van der Waals surface area (Å²) in [7, 11) is -1.73. The number of carbonyl (C=O) groups excluding carboxylic acids is 1. The summed E-state index contributed by atoms with van der Waals surface area (Å²) < 4.78 is 6.21. The standard InChI is InChI=1S/C15H30O3Si/c1-12(16)8-10-14(17)11-9-13(2)18-19(6,7)15(3,4)5/h8,10,13-14,17H,9,11H2,1-7H3/b10-8+/t13-,14+/m1/s1. The molecule has 0 amide bonds. The van der Waals surface area contributed by atoms with Crippen LogP contribution < -0.4 is 0 Å². The maximum absolute atomic E-state index is 10.8. The van der Waals surface area contributed by atoms with Crippen LogP contribution in [-0.2, 0) is 9.22 Å². The molecule has 0 saturated carbocycles. The third-order valence-electron chi connectivity index (χ3n) is 3.72. The van der Waals surface area contributed by atoms with E-state index in [0.717, 1.165) is 6.42 Å². The van der Waals surface area contributed by atoms with Gasteiger partial charge in [-0.05, 0) is 50.9 Å². The number of hydrogen-bond acceptors (Lipinski definition) is 3. The molecule has 0 aromatic rings. The Hall–Kier alpha value is -0.453. The maximum Gasteiger partial charge on any atom is 0.192 e. The molecule has 0 fully saturated rings. The van der Waals surface area contributed by atoms with Gasteiger partial charge in [0.25, 0.3) is 0 Å². The van der Waals surface area contributed by atoms with Crippen molar-refractivity contribution in [1.29, 1.82) is 0 Å². The van der Waals surface area contributed by atoms with Gasteiger partial charge in [0.15, 0.2) is 14.1 Å². The lowest BCUT2D eigenvalue weighted by Crippen LogP contribution is -2.43. The molecule has 0 bridgehead atoms. The van der Waals surface area contributed by atoms with Crippen LogP contribution in [0.1, 0.15) is 47.5 Å². The molecule has 4 heteroatoms. The number of rotatable bonds is 7. The first kappa shape index (κ1) is 18.5. The lowest BCUT2D eigenvalue weighted by atomic mass is 10.1. The molecule has 112 valence electrons. The van der Waals surface area contributed by atoms with Crippen LogP contribution in [0.4, 0.5) is 0 Å². The second kappa shape index (κ2) is 7.36. The molecule has 0 aliphatic rings. The van der Waals surface area contributed by atoms with Gasteiger partial charge < -0.3 is 9.53 Å². The highest BCUT2D eigenvalue weighted by atomic mass is 28.4. The van der Waals surface area contributed by atoms with Crippen molar-refractivity contribution in [2.45, 2.75) is 77.8 Å². The minimum atomic E-state index is -1.73. The topological polar surface area (TPSA) is 46.5 Å². The number of ketones is 1. The van der Waals surface area contributed by atoms with E-state index in [4.69, 9.17) is 4.43 Å². The molecule has 0 saturated heterocycles. The first-order valence-corrected chi connectivity index (χ1v) is 9.91. The molecule has 2 atom stereocenters. The Labute approximate surface area is 119 Å². The van der Waals surface area contributed by atoms with E-state index in [1.807, 2.05) is 0 Å². The average molecular weight is 286 g/mol. The van der Waals surface area contributed by atoms with Gasteiger partial charge in [-0.1, -0.05) is 26.8 Å². The Morgan fingerprint density at radius 2 is 1.84 bits per heavy atom. The Morgan fingerprint density at radius 3 is 2.26 bits per heavy atom. The van der Waals surface area contributed by atoms with Crippen LogP contribution in [0.3, 0.4) is 0 Å². The fourth-order valence-corrected chi connectivity index (χ4v) is 2.96. The molecule has 0 unspecified atom stereocenters. The average Bonchev–Trinajstić information content (AvgIpc) is 2.21. The summed E-state index contributed by atoms with van der Waals surface area (Å²) in [5, 5.41) is 9.92. The zero-order valence-corrected chi connectivity index (χ0v) is 14.5. The summed E-state index contributed by atoms with van der Waals surface area (Å²) in [6, 6.07) is 0. The SMILES string of the molecule is CC(=O)/C=C/[C@H](O)CC[C@@H](C)O[Si](C)(C)C(C)(C)C. The van der Waals surface area contributed by atoms with Gasteiger partial charge in [0.2, 0.25) is 0 Å². The van der Waals surface area contributed by atoms with Crippen LogP contribution in [-0.4, -0.2) is 31.4 Å². The number of aliphatic hydroxyl groups excluding tert-OH is 1. The summed E-state index contributed by atoms with van der Waals surface area (Å²) in [5.74, 6) is -0.0374. The minimum absolute atomic E-state index is 0.0374. The van der Waals surface area contributed by atoms with Crippen LogP contribution in [0.15, 0.2) is 12.2 Å². The lowest BCUT2D eigenvalue weighted by molar-refractivity contribution is -0.112. The van der Waals surface area contributed by atoms with Gasteiger partial charge in [-0.3, -0.25) is 4.79 Å². The normalized spacial score (nSPS) is 16.6. The van der Waals surface area contributed by atoms with Gasteiger partial charge in [0.1, 0.15) is 0 Å². The highest BCUT2D eigenvalue weighted by Gasteiger charge is 2.38. The Balaban J connectivity index is 4.20. The number of carbonyl (C=O) groups is 1. The lowest BCUT2D eigenvalue weighted by Gasteiger charge is -2.38. The molecule has 0 rings (SSSR count). The van der Waals surface area contributed by atoms with Gasteiger partial charge in [0, 0.05) is 6.10 Å². The van der Waals surface area contributed by atoms with E-state index in [9.17, 15) is 9.90 Å². The molecule has 0 aliphatic heterocycles. The second-order valence-corrected chi connectivity index (χ2v) is 11.6.